The molecule has 2 fully saturated rings. The van der Waals surface area contributed by atoms with Gasteiger partial charge in [0.05, 0.1) is 17.9 Å². The number of benzene rings is 1. The molecule has 0 spiro atoms. The van der Waals surface area contributed by atoms with Crippen LogP contribution in [0.2, 0.25) is 0 Å². The first-order chi connectivity index (χ1) is 9.13. The average Bonchev–Trinajstić information content (AvgIpc) is 2.89. The summed E-state index contributed by atoms with van der Waals surface area (Å²) in [5.74, 6) is -0.159. The molecule has 1 aromatic rings. The number of ether oxygens (including phenoxy) is 3. The van der Waals surface area contributed by atoms with Crippen LogP contribution in [0.5, 0.6) is 5.75 Å². The van der Waals surface area contributed by atoms with Crippen molar-refractivity contribution in [3.8, 4) is 5.75 Å². The Morgan fingerprint density at radius 1 is 1.32 bits per heavy atom. The second kappa shape index (κ2) is 4.96. The molecule has 0 aromatic heterocycles. The lowest BCUT2D eigenvalue weighted by molar-refractivity contribution is 0.0123. The van der Waals surface area contributed by atoms with Gasteiger partial charge in [0.2, 0.25) is 0 Å². The average molecular weight is 268 g/mol. The normalized spacial score (nSPS) is 29.3. The highest BCUT2D eigenvalue weighted by molar-refractivity contribution is 5.58. The minimum absolute atomic E-state index is 0.0481. The van der Waals surface area contributed by atoms with Gasteiger partial charge in [-0.1, -0.05) is 0 Å². The van der Waals surface area contributed by atoms with E-state index in [0.717, 1.165) is 0 Å². The van der Waals surface area contributed by atoms with Crippen molar-refractivity contribution >= 4 is 5.69 Å². The molecule has 1 saturated heterocycles. The zero-order valence-corrected chi connectivity index (χ0v) is 10.5. The van der Waals surface area contributed by atoms with Crippen LogP contribution in [-0.4, -0.2) is 32.2 Å². The van der Waals surface area contributed by atoms with Crippen molar-refractivity contribution in [2.75, 3.05) is 18.9 Å². The van der Waals surface area contributed by atoms with Gasteiger partial charge in [0.1, 0.15) is 24.5 Å². The minimum atomic E-state index is -0.425. The Labute approximate surface area is 110 Å². The molecule has 104 valence electrons. The Morgan fingerprint density at radius 3 is 2.63 bits per heavy atom. The Hall–Kier alpha value is -1.37. The molecule has 19 heavy (non-hydrogen) atoms. The van der Waals surface area contributed by atoms with Crippen LogP contribution < -0.4 is 9.80 Å². The van der Waals surface area contributed by atoms with Crippen LogP contribution in [0.15, 0.2) is 18.2 Å². The number of halogens is 1. The van der Waals surface area contributed by atoms with Gasteiger partial charge in [-0.2, -0.15) is 0 Å². The maximum Gasteiger partial charge on any atom is 0.147 e. The van der Waals surface area contributed by atoms with E-state index in [1.165, 1.54) is 25.2 Å². The van der Waals surface area contributed by atoms with Crippen molar-refractivity contribution in [1.82, 2.24) is 0 Å². The fraction of sp³-hybridized carbons (Fsp3) is 0.538. The Balaban J connectivity index is 1.74. The number of hydrogen-bond donors (Lipinski definition) is 0. The van der Waals surface area contributed by atoms with Gasteiger partial charge in [0.15, 0.2) is 0 Å². The van der Waals surface area contributed by atoms with Gasteiger partial charge in [-0.15, -0.1) is 0 Å². The van der Waals surface area contributed by atoms with Crippen molar-refractivity contribution < 1.29 is 18.6 Å². The Kier molecular flexibility index (Phi) is 3.30. The molecule has 1 aromatic carbocycles. The van der Waals surface area contributed by atoms with Crippen molar-refractivity contribution in [2.24, 2.45) is 0 Å². The molecule has 0 amide bonds. The molecule has 1 unspecified atom stereocenters. The number of rotatable bonds is 3. The predicted octanol–water partition coefficient (Wildman–Crippen LogP) is 2.04. The molecule has 1 aliphatic carbocycles. The van der Waals surface area contributed by atoms with E-state index in [0.29, 0.717) is 30.4 Å². The number of hydroxylamine groups is 1. The topological polar surface area (TPSA) is 54.0 Å². The van der Waals surface area contributed by atoms with E-state index in [-0.39, 0.29) is 24.1 Å². The van der Waals surface area contributed by atoms with E-state index in [1.807, 2.05) is 0 Å². The lowest BCUT2D eigenvalue weighted by Crippen LogP contribution is -2.17. The zero-order chi connectivity index (χ0) is 13.4. The second-order valence-electron chi connectivity index (χ2n) is 4.85. The van der Waals surface area contributed by atoms with Crippen molar-refractivity contribution in [3.05, 3.63) is 29.2 Å². The number of fused-ring (bicyclic) bond motifs is 1. The maximum atomic E-state index is 13.3. The monoisotopic (exact) mass is 268 g/mol. The third-order valence-corrected chi connectivity index (χ3v) is 3.52. The molecule has 1 heterocycles. The summed E-state index contributed by atoms with van der Waals surface area (Å²) in [7, 11) is 1.36. The summed E-state index contributed by atoms with van der Waals surface area (Å²) in [5.41, 5.74) is 0.320. The molecule has 0 N–H and O–H groups in total. The first-order valence-corrected chi connectivity index (χ1v) is 6.24. The van der Waals surface area contributed by atoms with Gasteiger partial charge < -0.3 is 24.5 Å². The second-order valence-corrected chi connectivity index (χ2v) is 4.85. The minimum Gasteiger partial charge on any atom is -0.758 e. The third-order valence-electron chi connectivity index (χ3n) is 3.52. The molecule has 1 aliphatic heterocycles. The maximum absolute atomic E-state index is 13.3. The first-order valence-electron chi connectivity index (χ1n) is 6.24. The van der Waals surface area contributed by atoms with Crippen molar-refractivity contribution in [1.29, 1.82) is 0 Å². The SMILES string of the molecule is CN([O-])c1ccc(F)cc1OC1C[C@@H]2OCO[C@@H]2C1. The molecule has 6 heteroatoms. The summed E-state index contributed by atoms with van der Waals surface area (Å²) in [4.78, 5) is 0. The van der Waals surface area contributed by atoms with Crippen molar-refractivity contribution in [2.45, 2.75) is 31.2 Å². The smallest absolute Gasteiger partial charge is 0.147 e. The highest BCUT2D eigenvalue weighted by Crippen LogP contribution is 2.35. The highest BCUT2D eigenvalue weighted by Gasteiger charge is 2.41. The largest absolute Gasteiger partial charge is 0.758 e. The molecular formula is C13H15FNO4-. The zero-order valence-electron chi connectivity index (χ0n) is 10.5. The molecule has 0 radical (unpaired) electrons. The standard InChI is InChI=1S/C13H15FNO4/c1-15(16)10-3-2-8(14)4-11(10)19-9-5-12-13(6-9)18-7-17-12/h2-4,9,12-13H,5-7H2,1H3/q-1/t9?,12-,13+. The summed E-state index contributed by atoms with van der Waals surface area (Å²) < 4.78 is 29.8. The fourth-order valence-corrected chi connectivity index (χ4v) is 2.60. The molecule has 5 nitrogen and oxygen atoms in total. The first kappa shape index (κ1) is 12.7. The summed E-state index contributed by atoms with van der Waals surface area (Å²) in [6.07, 6.45) is 1.38. The van der Waals surface area contributed by atoms with E-state index in [2.05, 4.69) is 0 Å². The Morgan fingerprint density at radius 2 is 2.00 bits per heavy atom. The summed E-state index contributed by atoms with van der Waals surface area (Å²) >= 11 is 0. The van der Waals surface area contributed by atoms with E-state index in [9.17, 15) is 9.60 Å². The van der Waals surface area contributed by atoms with Crippen molar-refractivity contribution in [3.63, 3.8) is 0 Å². The van der Waals surface area contributed by atoms with Gasteiger partial charge in [-0.25, -0.2) is 4.39 Å². The number of nitrogens with zero attached hydrogens (tertiary/aromatic N) is 1. The molecular weight excluding hydrogens is 253 g/mol. The molecule has 3 atom stereocenters. The molecule has 2 aliphatic rings. The summed E-state index contributed by atoms with van der Waals surface area (Å²) in [5, 5.41) is 12.1. The Bertz CT molecular complexity index is 456. The summed E-state index contributed by atoms with van der Waals surface area (Å²) in [6.45, 7) is 0.330. The fourth-order valence-electron chi connectivity index (χ4n) is 2.60. The molecule has 1 saturated carbocycles. The predicted molar refractivity (Wildman–Crippen MR) is 66.4 cm³/mol. The van der Waals surface area contributed by atoms with Gasteiger partial charge in [-0.05, 0) is 19.2 Å². The molecule has 3 rings (SSSR count). The van der Waals surface area contributed by atoms with Crippen LogP contribution >= 0.6 is 0 Å². The van der Waals surface area contributed by atoms with E-state index >= 15 is 0 Å². The van der Waals surface area contributed by atoms with Crippen LogP contribution in [0.3, 0.4) is 0 Å². The summed E-state index contributed by atoms with van der Waals surface area (Å²) in [6, 6.07) is 3.90. The van der Waals surface area contributed by atoms with Gasteiger partial charge in [0, 0.05) is 18.9 Å². The number of anilines is 1. The molecule has 0 bridgehead atoms. The van der Waals surface area contributed by atoms with Gasteiger partial charge >= 0.3 is 0 Å². The van der Waals surface area contributed by atoms with Crippen LogP contribution in [0.4, 0.5) is 10.1 Å². The van der Waals surface area contributed by atoms with E-state index in [4.69, 9.17) is 14.2 Å². The van der Waals surface area contributed by atoms with Crippen LogP contribution in [0.25, 0.3) is 0 Å². The van der Waals surface area contributed by atoms with Crippen LogP contribution in [0.1, 0.15) is 12.8 Å². The van der Waals surface area contributed by atoms with Gasteiger partial charge in [0.25, 0.3) is 0 Å². The number of hydrogen-bond acceptors (Lipinski definition) is 5. The lowest BCUT2D eigenvalue weighted by atomic mass is 10.2. The third kappa shape index (κ3) is 2.51. The lowest BCUT2D eigenvalue weighted by Gasteiger charge is -2.28. The van der Waals surface area contributed by atoms with Gasteiger partial charge in [-0.3, -0.25) is 0 Å². The quantitative estimate of drug-likeness (QED) is 0.785. The highest BCUT2D eigenvalue weighted by atomic mass is 19.1. The van der Waals surface area contributed by atoms with E-state index in [1.54, 1.807) is 0 Å². The van der Waals surface area contributed by atoms with E-state index < -0.39 is 5.82 Å². The van der Waals surface area contributed by atoms with Crippen LogP contribution in [-0.2, 0) is 9.47 Å². The van der Waals surface area contributed by atoms with Crippen LogP contribution in [0, 0.1) is 11.0 Å².